The monoisotopic (exact) mass is 346 g/mol. The van der Waals surface area contributed by atoms with E-state index in [-0.39, 0.29) is 5.60 Å². The van der Waals surface area contributed by atoms with Gasteiger partial charge in [0.15, 0.2) is 0 Å². The van der Waals surface area contributed by atoms with E-state index >= 15 is 0 Å². The van der Waals surface area contributed by atoms with Gasteiger partial charge in [-0.2, -0.15) is 0 Å². The Morgan fingerprint density at radius 3 is 2.28 bits per heavy atom. The van der Waals surface area contributed by atoms with Gasteiger partial charge < -0.3 is 4.74 Å². The molecule has 8 atom stereocenters. The van der Waals surface area contributed by atoms with E-state index in [2.05, 4.69) is 41.5 Å². The minimum atomic E-state index is -0.00427. The molecule has 4 aliphatic carbocycles. The average molecular weight is 347 g/mol. The highest BCUT2D eigenvalue weighted by atomic mass is 16.5. The van der Waals surface area contributed by atoms with Crippen LogP contribution in [0.4, 0.5) is 0 Å². The summed E-state index contributed by atoms with van der Waals surface area (Å²) in [4.78, 5) is 0. The van der Waals surface area contributed by atoms with Crippen molar-refractivity contribution in [2.75, 3.05) is 0 Å². The predicted molar refractivity (Wildman–Crippen MR) is 106 cm³/mol. The maximum atomic E-state index is 6.83. The molecule has 4 aliphatic rings. The lowest BCUT2D eigenvalue weighted by Gasteiger charge is -2.63. The molecule has 0 aromatic rings. The minimum Gasteiger partial charge on any atom is -0.372 e. The molecule has 0 heterocycles. The van der Waals surface area contributed by atoms with Gasteiger partial charge in [0, 0.05) is 0 Å². The van der Waals surface area contributed by atoms with Gasteiger partial charge in [-0.3, -0.25) is 0 Å². The molecule has 0 aromatic heterocycles. The van der Waals surface area contributed by atoms with Crippen LogP contribution in [0.2, 0.25) is 0 Å². The Balaban J connectivity index is 1.71. The van der Waals surface area contributed by atoms with Crippen LogP contribution in [-0.2, 0) is 4.74 Å². The van der Waals surface area contributed by atoms with Crippen molar-refractivity contribution in [2.24, 2.45) is 40.4 Å². The van der Waals surface area contributed by atoms with Crippen LogP contribution in [0.25, 0.3) is 0 Å². The van der Waals surface area contributed by atoms with Gasteiger partial charge in [0.05, 0.1) is 11.7 Å². The summed E-state index contributed by atoms with van der Waals surface area (Å²) < 4.78 is 6.83. The van der Waals surface area contributed by atoms with Crippen molar-refractivity contribution in [3.8, 4) is 0 Å². The van der Waals surface area contributed by atoms with Gasteiger partial charge in [-0.05, 0) is 106 Å². The van der Waals surface area contributed by atoms with Crippen LogP contribution in [0.5, 0.6) is 0 Å². The van der Waals surface area contributed by atoms with Crippen LogP contribution < -0.4 is 0 Å². The molecule has 0 radical (unpaired) electrons. The zero-order valence-corrected chi connectivity index (χ0v) is 17.7. The molecule has 5 unspecified atom stereocenters. The van der Waals surface area contributed by atoms with Crippen LogP contribution in [0, 0.1) is 40.4 Å². The maximum Gasteiger partial charge on any atom is 0.0618 e. The topological polar surface area (TPSA) is 9.23 Å². The zero-order valence-electron chi connectivity index (χ0n) is 17.7. The molecule has 0 N–H and O–H groups in total. The standard InChI is InChI=1S/C24H42O/c1-16-10-11-18-21-19(12-14-23(16,18)5)24(6)13-8-7-9-17(24)15-20(21)25-22(2,3)4/h16-21H,7-15H2,1-6H3/t16-,17?,18?,19?,20?,21?,23+,24-/m0/s1. The quantitative estimate of drug-likeness (QED) is 0.504. The van der Waals surface area contributed by atoms with Crippen LogP contribution in [0.3, 0.4) is 0 Å². The molecular weight excluding hydrogens is 304 g/mol. The first-order valence-electron chi connectivity index (χ1n) is 11.3. The molecule has 0 spiro atoms. The Bertz CT molecular complexity index is 505. The average Bonchev–Trinajstić information content (AvgIpc) is 2.82. The van der Waals surface area contributed by atoms with Crippen molar-refractivity contribution in [1.29, 1.82) is 0 Å². The lowest BCUT2D eigenvalue weighted by atomic mass is 9.44. The van der Waals surface area contributed by atoms with Crippen LogP contribution in [0.1, 0.15) is 99.3 Å². The first kappa shape index (κ1) is 18.3. The van der Waals surface area contributed by atoms with E-state index in [0.29, 0.717) is 16.9 Å². The summed E-state index contributed by atoms with van der Waals surface area (Å²) in [6, 6.07) is 0. The molecule has 1 nitrogen and oxygen atoms in total. The molecule has 0 amide bonds. The van der Waals surface area contributed by atoms with Gasteiger partial charge in [0.1, 0.15) is 0 Å². The maximum absolute atomic E-state index is 6.83. The molecular formula is C24H42O. The first-order valence-corrected chi connectivity index (χ1v) is 11.3. The van der Waals surface area contributed by atoms with Crippen molar-refractivity contribution in [3.05, 3.63) is 0 Å². The highest BCUT2D eigenvalue weighted by Gasteiger charge is 2.62. The molecule has 0 aromatic carbocycles. The third-order valence-electron chi connectivity index (χ3n) is 9.56. The van der Waals surface area contributed by atoms with Crippen molar-refractivity contribution in [1.82, 2.24) is 0 Å². The molecule has 1 heteroatoms. The van der Waals surface area contributed by atoms with Gasteiger partial charge in [-0.15, -0.1) is 0 Å². The van der Waals surface area contributed by atoms with Gasteiger partial charge in [0.2, 0.25) is 0 Å². The summed E-state index contributed by atoms with van der Waals surface area (Å²) in [5.74, 6) is 4.47. The second kappa shape index (κ2) is 5.98. The lowest BCUT2D eigenvalue weighted by molar-refractivity contribution is -0.204. The molecule has 4 rings (SSSR count). The van der Waals surface area contributed by atoms with Gasteiger partial charge >= 0.3 is 0 Å². The fourth-order valence-electron chi connectivity index (χ4n) is 8.07. The van der Waals surface area contributed by atoms with Crippen LogP contribution in [-0.4, -0.2) is 11.7 Å². The Labute approximate surface area is 156 Å². The summed E-state index contributed by atoms with van der Waals surface area (Å²) in [5, 5.41) is 0. The summed E-state index contributed by atoms with van der Waals surface area (Å²) in [5.41, 5.74) is 1.18. The molecule has 0 aliphatic heterocycles. The minimum absolute atomic E-state index is 0.00427. The van der Waals surface area contributed by atoms with E-state index in [9.17, 15) is 0 Å². The zero-order chi connectivity index (χ0) is 18.0. The molecule has 144 valence electrons. The number of fused-ring (bicyclic) bond motifs is 5. The van der Waals surface area contributed by atoms with E-state index in [1.165, 1.54) is 57.8 Å². The van der Waals surface area contributed by atoms with Crippen LogP contribution in [0.15, 0.2) is 0 Å². The van der Waals surface area contributed by atoms with Gasteiger partial charge in [-0.25, -0.2) is 0 Å². The normalized spacial score (nSPS) is 53.0. The van der Waals surface area contributed by atoms with Crippen LogP contribution >= 0.6 is 0 Å². The number of hydrogen-bond acceptors (Lipinski definition) is 1. The summed E-state index contributed by atoms with van der Waals surface area (Å²) in [7, 11) is 0. The van der Waals surface area contributed by atoms with E-state index < -0.39 is 0 Å². The van der Waals surface area contributed by atoms with Crippen molar-refractivity contribution in [3.63, 3.8) is 0 Å². The summed E-state index contributed by atoms with van der Waals surface area (Å²) >= 11 is 0. The second-order valence-corrected chi connectivity index (χ2v) is 11.8. The second-order valence-electron chi connectivity index (χ2n) is 11.8. The largest absolute Gasteiger partial charge is 0.372 e. The highest BCUT2D eigenvalue weighted by Crippen LogP contribution is 2.67. The number of ether oxygens (including phenoxy) is 1. The predicted octanol–water partition coefficient (Wildman–Crippen LogP) is 6.85. The lowest BCUT2D eigenvalue weighted by Crippen LogP contribution is -2.58. The van der Waals surface area contributed by atoms with E-state index in [0.717, 1.165) is 29.6 Å². The smallest absolute Gasteiger partial charge is 0.0618 e. The molecule has 4 fully saturated rings. The van der Waals surface area contributed by atoms with Gasteiger partial charge in [0.25, 0.3) is 0 Å². The molecule has 25 heavy (non-hydrogen) atoms. The first-order chi connectivity index (χ1) is 11.7. The van der Waals surface area contributed by atoms with E-state index in [1.807, 2.05) is 0 Å². The molecule has 0 bridgehead atoms. The third-order valence-corrected chi connectivity index (χ3v) is 9.56. The third kappa shape index (κ3) is 2.82. The van der Waals surface area contributed by atoms with E-state index in [4.69, 9.17) is 4.74 Å². The Morgan fingerprint density at radius 2 is 1.56 bits per heavy atom. The number of hydrogen-bond donors (Lipinski definition) is 0. The SMILES string of the molecule is C[C@H]1CCC2C3C(OC(C)(C)C)CC4CCCC[C@]4(C)C3CC[C@@]21C. The van der Waals surface area contributed by atoms with Crippen molar-refractivity contribution < 1.29 is 4.74 Å². The summed E-state index contributed by atoms with van der Waals surface area (Å²) in [6.45, 7) is 14.7. The molecule has 4 saturated carbocycles. The Morgan fingerprint density at radius 1 is 0.840 bits per heavy atom. The fraction of sp³-hybridized carbons (Fsp3) is 1.00. The summed E-state index contributed by atoms with van der Waals surface area (Å²) in [6.07, 6.45) is 13.6. The molecule has 0 saturated heterocycles. The Hall–Kier alpha value is -0.0400. The fourth-order valence-corrected chi connectivity index (χ4v) is 8.07. The highest BCUT2D eigenvalue weighted by molar-refractivity contribution is 5.10. The van der Waals surface area contributed by atoms with E-state index in [1.54, 1.807) is 0 Å². The van der Waals surface area contributed by atoms with Gasteiger partial charge in [-0.1, -0.05) is 33.6 Å². The van der Waals surface area contributed by atoms with Crippen molar-refractivity contribution in [2.45, 2.75) is 111 Å². The Kier molecular flexibility index (Phi) is 4.38. The number of rotatable bonds is 1. The van der Waals surface area contributed by atoms with Crippen molar-refractivity contribution >= 4 is 0 Å².